The lowest BCUT2D eigenvalue weighted by Crippen LogP contribution is -2.48. The highest BCUT2D eigenvalue weighted by Gasteiger charge is 2.30. The molecule has 0 unspecified atom stereocenters. The number of primary amides is 1. The molecule has 5 nitrogen and oxygen atoms in total. The number of nitrogens with zero attached hydrogens (tertiary/aromatic N) is 1. The van der Waals surface area contributed by atoms with Crippen LogP contribution in [0.4, 0.5) is 4.39 Å². The van der Waals surface area contributed by atoms with Gasteiger partial charge in [-0.25, -0.2) is 4.39 Å². The van der Waals surface area contributed by atoms with Crippen LogP contribution in [0.2, 0.25) is 0 Å². The number of rotatable bonds is 3. The molecule has 1 aromatic heterocycles. The van der Waals surface area contributed by atoms with E-state index in [-0.39, 0.29) is 10.9 Å². The number of aromatic amines is 1. The quantitative estimate of drug-likeness (QED) is 0.758. The van der Waals surface area contributed by atoms with Crippen LogP contribution in [-0.4, -0.2) is 21.8 Å². The van der Waals surface area contributed by atoms with Crippen LogP contribution in [0.1, 0.15) is 16.8 Å². The molecule has 0 bridgehead atoms. The molecule has 6 heteroatoms. The van der Waals surface area contributed by atoms with E-state index in [1.807, 2.05) is 29.2 Å². The van der Waals surface area contributed by atoms with E-state index in [2.05, 4.69) is 4.98 Å². The Balaban J connectivity index is 1.72. The summed E-state index contributed by atoms with van der Waals surface area (Å²) in [6.07, 6.45) is 0.525. The molecular formula is C20H18FN3O2. The van der Waals surface area contributed by atoms with Gasteiger partial charge < -0.3 is 10.7 Å². The molecule has 1 aliphatic rings. The predicted octanol–water partition coefficient (Wildman–Crippen LogP) is 2.08. The van der Waals surface area contributed by atoms with Gasteiger partial charge in [-0.05, 0) is 29.7 Å². The van der Waals surface area contributed by atoms with Crippen molar-refractivity contribution in [2.24, 2.45) is 5.73 Å². The van der Waals surface area contributed by atoms with E-state index in [1.54, 1.807) is 6.07 Å². The van der Waals surface area contributed by atoms with Gasteiger partial charge in [0.25, 0.3) is 0 Å². The summed E-state index contributed by atoms with van der Waals surface area (Å²) in [7, 11) is 0. The lowest BCUT2D eigenvalue weighted by molar-refractivity contribution is -0.124. The van der Waals surface area contributed by atoms with Crippen LogP contribution in [0, 0.1) is 5.82 Å². The number of halogens is 1. The van der Waals surface area contributed by atoms with E-state index >= 15 is 0 Å². The number of fused-ring (bicyclic) bond motifs is 2. The second kappa shape index (κ2) is 6.38. The number of H-pyrrole nitrogens is 1. The molecule has 1 atom stereocenters. The van der Waals surface area contributed by atoms with Crippen molar-refractivity contribution in [2.45, 2.75) is 25.6 Å². The zero-order valence-corrected chi connectivity index (χ0v) is 14.0. The Hall–Kier alpha value is -2.99. The van der Waals surface area contributed by atoms with Gasteiger partial charge in [0.2, 0.25) is 5.91 Å². The molecule has 0 radical (unpaired) electrons. The maximum atomic E-state index is 14.1. The van der Waals surface area contributed by atoms with Crippen molar-refractivity contribution in [2.75, 3.05) is 0 Å². The molecule has 26 heavy (non-hydrogen) atoms. The Kier molecular flexibility index (Phi) is 4.05. The van der Waals surface area contributed by atoms with E-state index in [4.69, 9.17) is 5.73 Å². The number of pyridine rings is 1. The van der Waals surface area contributed by atoms with Gasteiger partial charge in [0.15, 0.2) is 5.43 Å². The van der Waals surface area contributed by atoms with Gasteiger partial charge >= 0.3 is 0 Å². The minimum atomic E-state index is -0.475. The van der Waals surface area contributed by atoms with Crippen LogP contribution >= 0.6 is 0 Å². The van der Waals surface area contributed by atoms with E-state index < -0.39 is 17.8 Å². The first-order valence-electron chi connectivity index (χ1n) is 8.43. The molecular weight excluding hydrogens is 333 g/mol. The topological polar surface area (TPSA) is 79.2 Å². The first kappa shape index (κ1) is 16.5. The Morgan fingerprint density at radius 1 is 1.19 bits per heavy atom. The third kappa shape index (κ3) is 2.88. The third-order valence-corrected chi connectivity index (χ3v) is 4.92. The summed E-state index contributed by atoms with van der Waals surface area (Å²) >= 11 is 0. The van der Waals surface area contributed by atoms with E-state index in [0.29, 0.717) is 30.6 Å². The number of para-hydroxylation sites is 1. The molecule has 2 heterocycles. The average Bonchev–Trinajstić information content (AvgIpc) is 2.62. The molecule has 0 aliphatic carbocycles. The zero-order chi connectivity index (χ0) is 18.3. The van der Waals surface area contributed by atoms with E-state index in [9.17, 15) is 14.0 Å². The van der Waals surface area contributed by atoms with Crippen LogP contribution in [0.5, 0.6) is 0 Å². The average molecular weight is 351 g/mol. The minimum Gasteiger partial charge on any atom is -0.368 e. The Morgan fingerprint density at radius 3 is 2.73 bits per heavy atom. The molecule has 132 valence electrons. The van der Waals surface area contributed by atoms with Crippen molar-refractivity contribution in [3.05, 3.63) is 81.4 Å². The fourth-order valence-corrected chi connectivity index (χ4v) is 3.62. The van der Waals surface area contributed by atoms with Gasteiger partial charge in [0, 0.05) is 30.2 Å². The second-order valence-corrected chi connectivity index (χ2v) is 6.62. The van der Waals surface area contributed by atoms with Gasteiger partial charge in [-0.1, -0.05) is 30.3 Å². The maximum Gasteiger partial charge on any atom is 0.235 e. The number of nitrogens with one attached hydrogen (secondary N) is 1. The highest BCUT2D eigenvalue weighted by Crippen LogP contribution is 2.25. The first-order chi connectivity index (χ1) is 12.5. The molecule has 0 spiro atoms. The number of amides is 1. The minimum absolute atomic E-state index is 0.183. The van der Waals surface area contributed by atoms with E-state index in [1.165, 1.54) is 18.2 Å². The maximum absolute atomic E-state index is 14.1. The summed E-state index contributed by atoms with van der Waals surface area (Å²) in [5.41, 5.74) is 8.32. The molecule has 4 rings (SSSR count). The van der Waals surface area contributed by atoms with Crippen molar-refractivity contribution < 1.29 is 9.18 Å². The van der Waals surface area contributed by atoms with Crippen molar-refractivity contribution in [3.8, 4) is 0 Å². The summed E-state index contributed by atoms with van der Waals surface area (Å²) in [4.78, 5) is 29.2. The SMILES string of the molecule is NC(=O)[C@H]1Cc2ccccc2CN1Cc1cc(=O)c2cccc(F)c2[nH]1. The molecule has 0 saturated carbocycles. The van der Waals surface area contributed by atoms with Gasteiger partial charge in [0.05, 0.1) is 11.6 Å². The van der Waals surface area contributed by atoms with Gasteiger partial charge in [-0.2, -0.15) is 0 Å². The van der Waals surface area contributed by atoms with E-state index in [0.717, 1.165) is 11.1 Å². The molecule has 3 aromatic rings. The van der Waals surface area contributed by atoms with Crippen LogP contribution in [0.3, 0.4) is 0 Å². The lowest BCUT2D eigenvalue weighted by atomic mass is 9.93. The number of hydrogen-bond donors (Lipinski definition) is 2. The standard InChI is InChI=1S/C20H18FN3O2/c21-16-7-3-6-15-18(25)9-14(23-19(15)16)11-24-10-13-5-2-1-4-12(13)8-17(24)20(22)26/h1-7,9,17H,8,10-11H2,(H2,22,26)(H,23,25)/t17-/m1/s1. The summed E-state index contributed by atoms with van der Waals surface area (Å²) in [5.74, 6) is -0.884. The predicted molar refractivity (Wildman–Crippen MR) is 96.9 cm³/mol. The fourth-order valence-electron chi connectivity index (χ4n) is 3.62. The third-order valence-electron chi connectivity index (χ3n) is 4.92. The normalized spacial score (nSPS) is 17.2. The molecule has 1 aliphatic heterocycles. The monoisotopic (exact) mass is 351 g/mol. The molecule has 1 amide bonds. The number of hydrogen-bond acceptors (Lipinski definition) is 3. The number of nitrogens with two attached hydrogens (primary N) is 1. The van der Waals surface area contributed by atoms with Crippen molar-refractivity contribution in [1.29, 1.82) is 0 Å². The van der Waals surface area contributed by atoms with Crippen molar-refractivity contribution in [1.82, 2.24) is 9.88 Å². The lowest BCUT2D eigenvalue weighted by Gasteiger charge is -2.35. The van der Waals surface area contributed by atoms with Gasteiger partial charge in [-0.3, -0.25) is 14.5 Å². The first-order valence-corrected chi connectivity index (χ1v) is 8.43. The van der Waals surface area contributed by atoms with Crippen LogP contribution in [0.25, 0.3) is 10.9 Å². The van der Waals surface area contributed by atoms with Crippen LogP contribution in [0.15, 0.2) is 53.3 Å². The van der Waals surface area contributed by atoms with Crippen LogP contribution in [-0.2, 0) is 24.3 Å². The number of benzene rings is 2. The van der Waals surface area contributed by atoms with Crippen molar-refractivity contribution >= 4 is 16.8 Å². The Labute approximate surface area is 149 Å². The van der Waals surface area contributed by atoms with Crippen LogP contribution < -0.4 is 11.2 Å². The molecule has 3 N–H and O–H groups in total. The number of aromatic nitrogens is 1. The smallest absolute Gasteiger partial charge is 0.235 e. The summed E-state index contributed by atoms with van der Waals surface area (Å²) in [6.45, 7) is 0.850. The van der Waals surface area contributed by atoms with Gasteiger partial charge in [-0.15, -0.1) is 0 Å². The fraction of sp³-hybridized carbons (Fsp3) is 0.200. The zero-order valence-electron chi connectivity index (χ0n) is 14.0. The molecule has 0 fully saturated rings. The second-order valence-electron chi connectivity index (χ2n) is 6.62. The van der Waals surface area contributed by atoms with Crippen molar-refractivity contribution in [3.63, 3.8) is 0 Å². The summed E-state index contributed by atoms with van der Waals surface area (Å²) in [5, 5.41) is 0.309. The highest BCUT2D eigenvalue weighted by molar-refractivity contribution is 5.81. The largest absolute Gasteiger partial charge is 0.368 e. The summed E-state index contributed by atoms with van der Waals surface area (Å²) < 4.78 is 14.1. The Morgan fingerprint density at radius 2 is 1.96 bits per heavy atom. The van der Waals surface area contributed by atoms with Gasteiger partial charge in [0.1, 0.15) is 5.82 Å². The highest BCUT2D eigenvalue weighted by atomic mass is 19.1. The Bertz CT molecular complexity index is 1060. The molecule has 0 saturated heterocycles. The summed E-state index contributed by atoms with van der Waals surface area (Å²) in [6, 6.07) is 13.3. The molecule has 2 aromatic carbocycles. The number of carbonyl (C=O) groups is 1. The number of carbonyl (C=O) groups excluding carboxylic acids is 1.